The normalized spacial score (nSPS) is 12.5. The van der Waals surface area contributed by atoms with Gasteiger partial charge in [-0.15, -0.1) is 29.1 Å². The summed E-state index contributed by atoms with van der Waals surface area (Å²) in [5, 5.41) is 12.2. The van der Waals surface area contributed by atoms with Crippen molar-refractivity contribution in [2.75, 3.05) is 0 Å². The van der Waals surface area contributed by atoms with Gasteiger partial charge in [0, 0.05) is 61.7 Å². The molecule has 0 bridgehead atoms. The minimum absolute atomic E-state index is 0. The topological polar surface area (TPSA) is 63.1 Å². The Bertz CT molecular complexity index is 1930. The molecule has 0 fully saturated rings. The zero-order chi connectivity index (χ0) is 35.1. The number of fused-ring (bicyclic) bond motifs is 4. The fourth-order valence-corrected chi connectivity index (χ4v) is 6.82. The molecule has 2 heterocycles. The molecular weight excluding hydrogens is 793 g/mol. The molecule has 3 aromatic carbocycles. The number of ketones is 1. The molecule has 50 heavy (non-hydrogen) atoms. The number of carbonyl (C=O) groups excluding carboxylic acids is 1. The third-order valence-electron chi connectivity index (χ3n) is 9.92. The Morgan fingerprint density at radius 1 is 0.800 bits per heavy atom. The molecule has 5 heteroatoms. The second-order valence-corrected chi connectivity index (χ2v) is 14.2. The van der Waals surface area contributed by atoms with E-state index < -0.39 is 0 Å². The standard InChI is InChI=1S/C32H27N2.C13H24O2.Ir/c1-32(2,3)29-17-25(15-22-11-7-8-12-27(22)29)30-18-28-24(19-33-30)14-13-23-16-26(20-34-31(23)28)21-9-5-4-6-10-21;1-5-10(6-2)12(14)9-13(15)11(7-3)8-4;/h4-12,16-20H,13-14H2,1-3H3;9-11,14H,5-8H2,1-4H3;/q-1;;/b;12-9-;. The van der Waals surface area contributed by atoms with Crippen molar-refractivity contribution in [2.45, 2.75) is 92.4 Å². The van der Waals surface area contributed by atoms with Gasteiger partial charge in [0.2, 0.25) is 0 Å². The van der Waals surface area contributed by atoms with Crippen LogP contribution in [0.5, 0.6) is 0 Å². The van der Waals surface area contributed by atoms with Crippen LogP contribution in [0.2, 0.25) is 0 Å². The van der Waals surface area contributed by atoms with Crippen molar-refractivity contribution in [1.29, 1.82) is 0 Å². The van der Waals surface area contributed by atoms with E-state index in [-0.39, 0.29) is 48.9 Å². The first-order chi connectivity index (χ1) is 23.6. The van der Waals surface area contributed by atoms with E-state index in [2.05, 4.69) is 99.6 Å². The number of hydrogen-bond acceptors (Lipinski definition) is 4. The SMILES string of the molecule is CC(C)(C)c1cc(-c2cc3c(cn2)CCc2cc(-c4ccccc4)cnc2-3)[c-]c2ccccc12.CCC(CC)C(=O)/C=C(\O)C(CC)CC.[Ir]. The van der Waals surface area contributed by atoms with Gasteiger partial charge in [0.1, 0.15) is 0 Å². The van der Waals surface area contributed by atoms with Crippen LogP contribution in [0.25, 0.3) is 44.4 Å². The number of aliphatic hydroxyl groups is 1. The molecule has 1 aliphatic carbocycles. The molecule has 5 aromatic rings. The number of nitrogens with zero attached hydrogens (tertiary/aromatic N) is 2. The second kappa shape index (κ2) is 17.3. The fraction of sp³-hybridized carbons (Fsp3) is 0.356. The number of allylic oxidation sites excluding steroid dienone is 2. The summed E-state index contributed by atoms with van der Waals surface area (Å²) in [6.45, 7) is 14.9. The Balaban J connectivity index is 0.000000301. The van der Waals surface area contributed by atoms with Gasteiger partial charge in [-0.05, 0) is 72.3 Å². The Morgan fingerprint density at radius 3 is 2.10 bits per heavy atom. The quantitative estimate of drug-likeness (QED) is 0.0912. The number of rotatable bonds is 9. The molecule has 0 atom stereocenters. The van der Waals surface area contributed by atoms with Gasteiger partial charge in [-0.3, -0.25) is 14.8 Å². The summed E-state index contributed by atoms with van der Waals surface area (Å²) in [5.74, 6) is 0.547. The van der Waals surface area contributed by atoms with Gasteiger partial charge < -0.3 is 5.11 Å². The first kappa shape index (κ1) is 38.9. The van der Waals surface area contributed by atoms with Crippen molar-refractivity contribution in [3.8, 4) is 33.6 Å². The molecule has 0 unspecified atom stereocenters. The molecule has 0 saturated heterocycles. The van der Waals surface area contributed by atoms with Crippen LogP contribution in [0.1, 0.15) is 90.8 Å². The molecule has 6 rings (SSSR count). The predicted octanol–water partition coefficient (Wildman–Crippen LogP) is 11.7. The van der Waals surface area contributed by atoms with Gasteiger partial charge in [0.25, 0.3) is 0 Å². The van der Waals surface area contributed by atoms with Crippen LogP contribution >= 0.6 is 0 Å². The monoisotopic (exact) mass is 844 g/mol. The second-order valence-electron chi connectivity index (χ2n) is 14.2. The van der Waals surface area contributed by atoms with Crippen molar-refractivity contribution < 1.29 is 30.0 Å². The number of carbonyl (C=O) groups is 1. The van der Waals surface area contributed by atoms with Gasteiger partial charge in [0.15, 0.2) is 5.78 Å². The summed E-state index contributed by atoms with van der Waals surface area (Å²) in [4.78, 5) is 21.5. The van der Waals surface area contributed by atoms with Crippen molar-refractivity contribution in [3.05, 3.63) is 120 Å². The Kier molecular flexibility index (Phi) is 13.5. The van der Waals surface area contributed by atoms with Crippen LogP contribution in [-0.2, 0) is 43.2 Å². The zero-order valence-electron chi connectivity index (χ0n) is 30.6. The number of hydrogen-bond donors (Lipinski definition) is 1. The molecule has 1 radical (unpaired) electrons. The summed E-state index contributed by atoms with van der Waals surface area (Å²) in [6.07, 6.45) is 10.9. The van der Waals surface area contributed by atoms with Crippen molar-refractivity contribution in [2.24, 2.45) is 11.8 Å². The Morgan fingerprint density at radius 2 is 1.44 bits per heavy atom. The Hall–Kier alpha value is -3.92. The molecule has 0 spiro atoms. The van der Waals surface area contributed by atoms with E-state index in [1.165, 1.54) is 44.8 Å². The smallest absolute Gasteiger partial charge is 0.162 e. The molecule has 0 amide bonds. The van der Waals surface area contributed by atoms with Crippen LogP contribution in [0.3, 0.4) is 0 Å². The van der Waals surface area contributed by atoms with Crippen LogP contribution in [0, 0.1) is 17.9 Å². The summed E-state index contributed by atoms with van der Waals surface area (Å²) in [6, 6.07) is 29.5. The molecule has 1 aliphatic rings. The maximum Gasteiger partial charge on any atom is 0.162 e. The Labute approximate surface area is 312 Å². The summed E-state index contributed by atoms with van der Waals surface area (Å²) >= 11 is 0. The van der Waals surface area contributed by atoms with Crippen molar-refractivity contribution >= 4 is 16.6 Å². The average Bonchev–Trinajstić information content (AvgIpc) is 3.12. The van der Waals surface area contributed by atoms with Crippen LogP contribution in [0.15, 0.2) is 97.0 Å². The number of aryl methyl sites for hydroxylation is 2. The van der Waals surface area contributed by atoms with E-state index in [1.807, 2.05) is 40.1 Å². The minimum Gasteiger partial charge on any atom is -0.512 e. The van der Waals surface area contributed by atoms with Gasteiger partial charge in [-0.2, -0.15) is 0 Å². The maximum absolute atomic E-state index is 11.7. The van der Waals surface area contributed by atoms with Gasteiger partial charge >= 0.3 is 0 Å². The zero-order valence-corrected chi connectivity index (χ0v) is 33.0. The molecule has 0 saturated carbocycles. The van der Waals surface area contributed by atoms with E-state index >= 15 is 0 Å². The van der Waals surface area contributed by atoms with Crippen LogP contribution in [0.4, 0.5) is 0 Å². The largest absolute Gasteiger partial charge is 0.512 e. The van der Waals surface area contributed by atoms with E-state index in [0.717, 1.165) is 60.9 Å². The molecule has 263 valence electrons. The van der Waals surface area contributed by atoms with E-state index in [0.29, 0.717) is 0 Å². The predicted molar refractivity (Wildman–Crippen MR) is 205 cm³/mol. The molecule has 1 N–H and O–H groups in total. The third-order valence-corrected chi connectivity index (χ3v) is 9.92. The fourth-order valence-electron chi connectivity index (χ4n) is 6.82. The van der Waals surface area contributed by atoms with Crippen LogP contribution < -0.4 is 0 Å². The van der Waals surface area contributed by atoms with Gasteiger partial charge in [-0.1, -0.05) is 114 Å². The van der Waals surface area contributed by atoms with Gasteiger partial charge in [-0.25, -0.2) is 0 Å². The first-order valence-electron chi connectivity index (χ1n) is 18.0. The number of benzene rings is 3. The molecular formula is C45H51IrN2O2-. The van der Waals surface area contributed by atoms with Crippen LogP contribution in [-0.4, -0.2) is 20.9 Å². The van der Waals surface area contributed by atoms with E-state index in [1.54, 1.807) is 0 Å². The summed E-state index contributed by atoms with van der Waals surface area (Å²) in [5.41, 5.74) is 10.6. The molecule has 0 aliphatic heterocycles. The summed E-state index contributed by atoms with van der Waals surface area (Å²) < 4.78 is 0. The third kappa shape index (κ3) is 8.86. The summed E-state index contributed by atoms with van der Waals surface area (Å²) in [7, 11) is 0. The van der Waals surface area contributed by atoms with Crippen molar-refractivity contribution in [3.63, 3.8) is 0 Å². The molecule has 2 aromatic heterocycles. The first-order valence-corrected chi connectivity index (χ1v) is 18.0. The molecule has 4 nitrogen and oxygen atoms in total. The number of pyridine rings is 2. The average molecular weight is 844 g/mol. The number of aliphatic hydroxyl groups excluding tert-OH is 1. The van der Waals surface area contributed by atoms with E-state index in [9.17, 15) is 9.90 Å². The van der Waals surface area contributed by atoms with Crippen molar-refractivity contribution in [1.82, 2.24) is 9.97 Å². The maximum atomic E-state index is 11.7. The van der Waals surface area contributed by atoms with E-state index in [4.69, 9.17) is 9.97 Å². The van der Waals surface area contributed by atoms with Gasteiger partial charge in [0.05, 0.1) is 11.5 Å². The minimum atomic E-state index is 0. The number of aromatic nitrogens is 2.